The molecule has 1 N–H and O–H groups in total. The van der Waals surface area contributed by atoms with Gasteiger partial charge in [0.15, 0.2) is 0 Å². The molecule has 2 fully saturated rings. The molecule has 0 bridgehead atoms. The molecule has 4 heteroatoms. The van der Waals surface area contributed by atoms with Crippen LogP contribution in [-0.4, -0.2) is 29.6 Å². The van der Waals surface area contributed by atoms with Gasteiger partial charge in [-0.25, -0.2) is 4.98 Å². The summed E-state index contributed by atoms with van der Waals surface area (Å²) in [6.07, 6.45) is 6.10. The normalized spacial score (nSPS) is 27.2. The summed E-state index contributed by atoms with van der Waals surface area (Å²) in [5.74, 6) is 3.66. The Bertz CT molecular complexity index is 381. The average Bonchev–Trinajstić information content (AvgIpc) is 2.89. The Labute approximate surface area is 102 Å². The zero-order valence-corrected chi connectivity index (χ0v) is 10.4. The Morgan fingerprint density at radius 3 is 2.82 bits per heavy atom. The lowest BCUT2D eigenvalue weighted by Crippen LogP contribution is -2.22. The molecule has 1 aromatic heterocycles. The lowest BCUT2D eigenvalue weighted by molar-refractivity contribution is 0.494. The van der Waals surface area contributed by atoms with E-state index in [2.05, 4.69) is 27.1 Å². The summed E-state index contributed by atoms with van der Waals surface area (Å²) in [5, 5.41) is 3.17. The summed E-state index contributed by atoms with van der Waals surface area (Å²) in [4.78, 5) is 11.2. The molecular weight excluding hydrogens is 212 g/mol. The molecule has 1 saturated carbocycles. The van der Waals surface area contributed by atoms with Crippen LogP contribution in [0.25, 0.3) is 0 Å². The predicted octanol–water partition coefficient (Wildman–Crippen LogP) is 2.14. The minimum absolute atomic E-state index is 0.752. The lowest BCUT2D eigenvalue weighted by Gasteiger charge is -2.18. The van der Waals surface area contributed by atoms with Gasteiger partial charge in [0.25, 0.3) is 0 Å². The number of hydrogen-bond acceptors (Lipinski definition) is 4. The van der Waals surface area contributed by atoms with Gasteiger partial charge < -0.3 is 10.2 Å². The largest absolute Gasteiger partial charge is 0.356 e. The van der Waals surface area contributed by atoms with Crippen LogP contribution < -0.4 is 10.2 Å². The Kier molecular flexibility index (Phi) is 2.87. The van der Waals surface area contributed by atoms with Crippen molar-refractivity contribution in [3.63, 3.8) is 0 Å². The molecule has 1 aliphatic carbocycles. The van der Waals surface area contributed by atoms with Gasteiger partial charge in [0.2, 0.25) is 5.95 Å². The van der Waals surface area contributed by atoms with Gasteiger partial charge in [0.1, 0.15) is 5.82 Å². The maximum absolute atomic E-state index is 4.58. The van der Waals surface area contributed by atoms with Crippen LogP contribution in [0, 0.1) is 11.8 Å². The van der Waals surface area contributed by atoms with E-state index in [0.29, 0.717) is 0 Å². The number of rotatable bonds is 3. The predicted molar refractivity (Wildman–Crippen MR) is 69.2 cm³/mol. The molecule has 2 aliphatic rings. The SMILES string of the molecule is CCNc1nccc(N2CC3CCCC3C2)n1. The second kappa shape index (κ2) is 4.51. The number of hydrogen-bond donors (Lipinski definition) is 1. The van der Waals surface area contributed by atoms with Crippen molar-refractivity contribution in [1.29, 1.82) is 0 Å². The fourth-order valence-corrected chi connectivity index (χ4v) is 3.19. The number of nitrogens with one attached hydrogen (secondary N) is 1. The molecule has 3 rings (SSSR count). The lowest BCUT2D eigenvalue weighted by atomic mass is 10.0. The van der Waals surface area contributed by atoms with Crippen molar-refractivity contribution < 1.29 is 0 Å². The van der Waals surface area contributed by atoms with Crippen molar-refractivity contribution >= 4 is 11.8 Å². The summed E-state index contributed by atoms with van der Waals surface area (Å²) in [6.45, 7) is 5.31. The van der Waals surface area contributed by atoms with Crippen LogP contribution in [0.4, 0.5) is 11.8 Å². The van der Waals surface area contributed by atoms with E-state index in [9.17, 15) is 0 Å². The molecule has 1 aliphatic heterocycles. The van der Waals surface area contributed by atoms with Gasteiger partial charge in [-0.15, -0.1) is 0 Å². The van der Waals surface area contributed by atoms with Crippen molar-refractivity contribution in [2.75, 3.05) is 29.9 Å². The van der Waals surface area contributed by atoms with E-state index in [1.165, 1.54) is 32.4 Å². The molecule has 1 aromatic rings. The van der Waals surface area contributed by atoms with Crippen LogP contribution in [0.1, 0.15) is 26.2 Å². The Morgan fingerprint density at radius 2 is 2.12 bits per heavy atom. The number of anilines is 2. The van der Waals surface area contributed by atoms with Crippen LogP contribution in [0.15, 0.2) is 12.3 Å². The van der Waals surface area contributed by atoms with Crippen molar-refractivity contribution in [3.8, 4) is 0 Å². The topological polar surface area (TPSA) is 41.1 Å². The van der Waals surface area contributed by atoms with E-state index in [1.807, 2.05) is 12.3 Å². The summed E-state index contributed by atoms with van der Waals surface area (Å²) in [6, 6.07) is 2.03. The van der Waals surface area contributed by atoms with E-state index in [1.54, 1.807) is 0 Å². The highest BCUT2D eigenvalue weighted by atomic mass is 15.2. The zero-order valence-electron chi connectivity index (χ0n) is 10.4. The van der Waals surface area contributed by atoms with Gasteiger partial charge in [0, 0.05) is 25.8 Å². The van der Waals surface area contributed by atoms with Gasteiger partial charge >= 0.3 is 0 Å². The second-order valence-electron chi connectivity index (χ2n) is 5.12. The van der Waals surface area contributed by atoms with Crippen LogP contribution in [-0.2, 0) is 0 Å². The summed E-state index contributed by atoms with van der Waals surface area (Å²) in [7, 11) is 0. The van der Waals surface area contributed by atoms with Crippen LogP contribution in [0.2, 0.25) is 0 Å². The summed E-state index contributed by atoms with van der Waals surface area (Å²) in [5.41, 5.74) is 0. The molecule has 4 nitrogen and oxygen atoms in total. The molecule has 17 heavy (non-hydrogen) atoms. The fraction of sp³-hybridized carbons (Fsp3) is 0.692. The Morgan fingerprint density at radius 1 is 1.35 bits per heavy atom. The minimum atomic E-state index is 0.752. The molecule has 0 spiro atoms. The highest BCUT2D eigenvalue weighted by Crippen LogP contribution is 2.39. The van der Waals surface area contributed by atoms with E-state index in [-0.39, 0.29) is 0 Å². The van der Waals surface area contributed by atoms with E-state index < -0.39 is 0 Å². The van der Waals surface area contributed by atoms with Crippen molar-refractivity contribution in [2.24, 2.45) is 11.8 Å². The minimum Gasteiger partial charge on any atom is -0.356 e. The first-order valence-electron chi connectivity index (χ1n) is 6.68. The van der Waals surface area contributed by atoms with Crippen LogP contribution >= 0.6 is 0 Å². The maximum atomic E-state index is 4.58. The molecule has 2 heterocycles. The Balaban J connectivity index is 1.74. The number of fused-ring (bicyclic) bond motifs is 1. The quantitative estimate of drug-likeness (QED) is 0.867. The second-order valence-corrected chi connectivity index (χ2v) is 5.12. The van der Waals surface area contributed by atoms with Gasteiger partial charge in [-0.3, -0.25) is 0 Å². The summed E-state index contributed by atoms with van der Waals surface area (Å²) < 4.78 is 0. The monoisotopic (exact) mass is 232 g/mol. The average molecular weight is 232 g/mol. The van der Waals surface area contributed by atoms with E-state index in [0.717, 1.165) is 30.1 Å². The van der Waals surface area contributed by atoms with Gasteiger partial charge in [-0.1, -0.05) is 6.42 Å². The fourth-order valence-electron chi connectivity index (χ4n) is 3.19. The first-order valence-corrected chi connectivity index (χ1v) is 6.68. The van der Waals surface area contributed by atoms with Crippen molar-refractivity contribution in [1.82, 2.24) is 9.97 Å². The smallest absolute Gasteiger partial charge is 0.224 e. The van der Waals surface area contributed by atoms with Crippen LogP contribution in [0.3, 0.4) is 0 Å². The molecule has 0 radical (unpaired) electrons. The summed E-state index contributed by atoms with van der Waals surface area (Å²) >= 11 is 0. The van der Waals surface area contributed by atoms with E-state index in [4.69, 9.17) is 0 Å². The standard InChI is InChI=1S/C13H20N4/c1-2-14-13-15-7-6-12(16-13)17-8-10-4-3-5-11(10)9-17/h6-7,10-11H,2-5,8-9H2,1H3,(H,14,15,16). The number of nitrogens with zero attached hydrogens (tertiary/aromatic N) is 3. The van der Waals surface area contributed by atoms with Crippen molar-refractivity contribution in [3.05, 3.63) is 12.3 Å². The molecular formula is C13H20N4. The van der Waals surface area contributed by atoms with E-state index >= 15 is 0 Å². The number of aromatic nitrogens is 2. The van der Waals surface area contributed by atoms with Gasteiger partial charge in [-0.2, -0.15) is 4.98 Å². The molecule has 2 unspecified atom stereocenters. The third kappa shape index (κ3) is 2.08. The highest BCUT2D eigenvalue weighted by molar-refractivity contribution is 5.43. The maximum Gasteiger partial charge on any atom is 0.224 e. The highest BCUT2D eigenvalue weighted by Gasteiger charge is 2.36. The third-order valence-electron chi connectivity index (χ3n) is 4.03. The van der Waals surface area contributed by atoms with Gasteiger partial charge in [-0.05, 0) is 37.7 Å². The Hall–Kier alpha value is -1.32. The van der Waals surface area contributed by atoms with Crippen molar-refractivity contribution in [2.45, 2.75) is 26.2 Å². The zero-order chi connectivity index (χ0) is 11.7. The first-order chi connectivity index (χ1) is 8.36. The molecule has 1 saturated heterocycles. The molecule has 92 valence electrons. The third-order valence-corrected chi connectivity index (χ3v) is 4.03. The molecule has 0 amide bonds. The first kappa shape index (κ1) is 10.8. The molecule has 0 aromatic carbocycles. The van der Waals surface area contributed by atoms with Gasteiger partial charge in [0.05, 0.1) is 0 Å². The van der Waals surface area contributed by atoms with Crippen LogP contribution in [0.5, 0.6) is 0 Å². The molecule has 2 atom stereocenters.